The zero-order valence-electron chi connectivity index (χ0n) is 9.70. The molecule has 0 spiro atoms. The van der Waals surface area contributed by atoms with Gasteiger partial charge in [-0.05, 0) is 36.8 Å². The van der Waals surface area contributed by atoms with E-state index >= 15 is 0 Å². The molecule has 0 saturated heterocycles. The number of nitrogens with one attached hydrogen (secondary N) is 2. The third-order valence-electron chi connectivity index (χ3n) is 2.04. The van der Waals surface area contributed by atoms with Crippen molar-refractivity contribution in [3.63, 3.8) is 0 Å². The van der Waals surface area contributed by atoms with Crippen molar-refractivity contribution in [3.8, 4) is 0 Å². The molecule has 0 saturated carbocycles. The molecular formula is C12H16N2OS. The first kappa shape index (κ1) is 12.6. The van der Waals surface area contributed by atoms with Crippen LogP contribution in [0.4, 0.5) is 5.69 Å². The molecule has 2 N–H and O–H groups in total. The molecule has 3 nitrogen and oxygen atoms in total. The van der Waals surface area contributed by atoms with Crippen LogP contribution >= 0.6 is 12.2 Å². The Labute approximate surface area is 101 Å². The van der Waals surface area contributed by atoms with Gasteiger partial charge in [0.05, 0.1) is 0 Å². The Kier molecular flexibility index (Phi) is 4.43. The first-order valence-corrected chi connectivity index (χ1v) is 5.58. The first-order valence-electron chi connectivity index (χ1n) is 5.17. The van der Waals surface area contributed by atoms with Crippen molar-refractivity contribution in [3.05, 3.63) is 29.8 Å². The Morgan fingerprint density at radius 1 is 1.38 bits per heavy atom. The van der Waals surface area contributed by atoms with Crippen molar-refractivity contribution in [2.75, 3.05) is 5.32 Å². The number of amides is 1. The summed E-state index contributed by atoms with van der Waals surface area (Å²) in [5.74, 6) is -0.151. The summed E-state index contributed by atoms with van der Waals surface area (Å²) >= 11 is 5.03. The minimum Gasteiger partial charge on any atom is -0.332 e. The lowest BCUT2D eigenvalue weighted by atomic mass is 10.2. The van der Waals surface area contributed by atoms with E-state index in [9.17, 15) is 4.79 Å². The molecule has 0 radical (unpaired) electrons. The number of carbonyl (C=O) groups is 1. The monoisotopic (exact) mass is 236 g/mol. The molecule has 0 aromatic heterocycles. The third kappa shape index (κ3) is 3.98. The number of hydrogen-bond acceptors (Lipinski definition) is 2. The molecule has 16 heavy (non-hydrogen) atoms. The number of aryl methyl sites for hydroxylation is 1. The van der Waals surface area contributed by atoms with Gasteiger partial charge in [0.1, 0.15) is 0 Å². The second-order valence-corrected chi connectivity index (χ2v) is 4.38. The fraction of sp³-hybridized carbons (Fsp3) is 0.333. The zero-order valence-corrected chi connectivity index (χ0v) is 10.5. The summed E-state index contributed by atoms with van der Waals surface area (Å²) in [5, 5.41) is 5.93. The standard InChI is InChI=1S/C12H16N2OS/c1-8(2)11(15)14-12(16)13-10-6-4-5-9(3)7-10/h4-8H,1-3H3,(H2,13,14,15,16). The van der Waals surface area contributed by atoms with E-state index in [-0.39, 0.29) is 11.8 Å². The molecule has 0 atom stereocenters. The maximum absolute atomic E-state index is 11.4. The molecule has 0 unspecified atom stereocenters. The topological polar surface area (TPSA) is 41.1 Å². The molecule has 0 fully saturated rings. The fourth-order valence-corrected chi connectivity index (χ4v) is 1.36. The van der Waals surface area contributed by atoms with Crippen molar-refractivity contribution in [2.24, 2.45) is 5.92 Å². The summed E-state index contributed by atoms with van der Waals surface area (Å²) in [6, 6.07) is 7.81. The van der Waals surface area contributed by atoms with Crippen molar-refractivity contribution in [1.82, 2.24) is 5.32 Å². The number of hydrogen-bond donors (Lipinski definition) is 2. The highest BCUT2D eigenvalue weighted by atomic mass is 32.1. The molecule has 1 aromatic rings. The van der Waals surface area contributed by atoms with Crippen LogP contribution in [0.3, 0.4) is 0 Å². The lowest BCUT2D eigenvalue weighted by Gasteiger charge is -2.11. The molecule has 0 heterocycles. The van der Waals surface area contributed by atoms with Crippen molar-refractivity contribution >= 4 is 28.9 Å². The van der Waals surface area contributed by atoms with Gasteiger partial charge in [-0.1, -0.05) is 26.0 Å². The van der Waals surface area contributed by atoms with E-state index in [2.05, 4.69) is 10.6 Å². The van der Waals surface area contributed by atoms with Crippen LogP contribution in [-0.4, -0.2) is 11.0 Å². The van der Waals surface area contributed by atoms with Gasteiger partial charge in [0, 0.05) is 11.6 Å². The molecule has 4 heteroatoms. The summed E-state index contributed by atoms with van der Waals surface area (Å²) in [4.78, 5) is 11.4. The zero-order chi connectivity index (χ0) is 12.1. The van der Waals surface area contributed by atoms with Gasteiger partial charge in [-0.3, -0.25) is 4.79 Å². The minimum absolute atomic E-state index is 0.0720. The van der Waals surface area contributed by atoms with Gasteiger partial charge >= 0.3 is 0 Å². The normalized spacial score (nSPS) is 10.0. The van der Waals surface area contributed by atoms with Gasteiger partial charge in [-0.15, -0.1) is 0 Å². The predicted molar refractivity (Wildman–Crippen MR) is 70.4 cm³/mol. The molecule has 86 valence electrons. The predicted octanol–water partition coefficient (Wildman–Crippen LogP) is 2.46. The van der Waals surface area contributed by atoms with Crippen LogP contribution in [0.15, 0.2) is 24.3 Å². The first-order chi connectivity index (χ1) is 7.49. The minimum atomic E-state index is -0.0786. The molecule has 0 bridgehead atoms. The Morgan fingerprint density at radius 2 is 2.06 bits per heavy atom. The molecule has 1 amide bonds. The largest absolute Gasteiger partial charge is 0.332 e. The van der Waals surface area contributed by atoms with Gasteiger partial charge < -0.3 is 10.6 Å². The van der Waals surface area contributed by atoms with E-state index in [0.29, 0.717) is 5.11 Å². The van der Waals surface area contributed by atoms with E-state index in [1.54, 1.807) is 0 Å². The van der Waals surface area contributed by atoms with E-state index in [1.807, 2.05) is 45.0 Å². The fourth-order valence-electron chi connectivity index (χ4n) is 1.14. The Bertz CT molecular complexity index is 402. The van der Waals surface area contributed by atoms with Crippen molar-refractivity contribution < 1.29 is 4.79 Å². The second-order valence-electron chi connectivity index (χ2n) is 3.97. The van der Waals surface area contributed by atoms with Gasteiger partial charge in [0.25, 0.3) is 0 Å². The van der Waals surface area contributed by atoms with E-state index in [0.717, 1.165) is 11.3 Å². The molecule has 0 aliphatic carbocycles. The Hall–Kier alpha value is -1.42. The van der Waals surface area contributed by atoms with E-state index in [1.165, 1.54) is 0 Å². The average Bonchev–Trinajstić information content (AvgIpc) is 2.16. The van der Waals surface area contributed by atoms with Crippen LogP contribution in [0.5, 0.6) is 0 Å². The van der Waals surface area contributed by atoms with Crippen LogP contribution in [0, 0.1) is 12.8 Å². The van der Waals surface area contributed by atoms with Gasteiger partial charge in [0.15, 0.2) is 5.11 Å². The smallest absolute Gasteiger partial charge is 0.228 e. The number of thiocarbonyl (C=S) groups is 1. The van der Waals surface area contributed by atoms with Crippen LogP contribution in [-0.2, 0) is 4.79 Å². The van der Waals surface area contributed by atoms with Gasteiger partial charge in [-0.25, -0.2) is 0 Å². The number of rotatable bonds is 2. The third-order valence-corrected chi connectivity index (χ3v) is 2.24. The van der Waals surface area contributed by atoms with Crippen molar-refractivity contribution in [2.45, 2.75) is 20.8 Å². The highest BCUT2D eigenvalue weighted by molar-refractivity contribution is 7.80. The second kappa shape index (κ2) is 5.61. The van der Waals surface area contributed by atoms with Crippen LogP contribution in [0.2, 0.25) is 0 Å². The van der Waals surface area contributed by atoms with Crippen LogP contribution < -0.4 is 10.6 Å². The summed E-state index contributed by atoms with van der Waals surface area (Å²) in [5.41, 5.74) is 2.03. The maximum atomic E-state index is 11.4. The average molecular weight is 236 g/mol. The van der Waals surface area contributed by atoms with E-state index in [4.69, 9.17) is 12.2 Å². The Balaban J connectivity index is 2.55. The van der Waals surface area contributed by atoms with Crippen LogP contribution in [0.25, 0.3) is 0 Å². The highest BCUT2D eigenvalue weighted by Crippen LogP contribution is 2.09. The quantitative estimate of drug-likeness (QED) is 0.775. The molecule has 1 aromatic carbocycles. The maximum Gasteiger partial charge on any atom is 0.228 e. The van der Waals surface area contributed by atoms with Gasteiger partial charge in [0.2, 0.25) is 5.91 Å². The number of benzene rings is 1. The molecule has 0 aliphatic heterocycles. The van der Waals surface area contributed by atoms with Gasteiger partial charge in [-0.2, -0.15) is 0 Å². The molecular weight excluding hydrogens is 220 g/mol. The SMILES string of the molecule is Cc1cccc(NC(=S)NC(=O)C(C)C)c1. The summed E-state index contributed by atoms with van der Waals surface area (Å²) in [6.45, 7) is 5.65. The number of anilines is 1. The number of carbonyl (C=O) groups excluding carboxylic acids is 1. The van der Waals surface area contributed by atoms with E-state index < -0.39 is 0 Å². The van der Waals surface area contributed by atoms with Crippen molar-refractivity contribution in [1.29, 1.82) is 0 Å². The molecule has 0 aliphatic rings. The Morgan fingerprint density at radius 3 is 2.62 bits per heavy atom. The lowest BCUT2D eigenvalue weighted by molar-refractivity contribution is -0.122. The molecule has 1 rings (SSSR count). The summed E-state index contributed by atoms with van der Waals surface area (Å²) in [7, 11) is 0. The lowest BCUT2D eigenvalue weighted by Crippen LogP contribution is -2.36. The highest BCUT2D eigenvalue weighted by Gasteiger charge is 2.08. The van der Waals surface area contributed by atoms with Crippen LogP contribution in [0.1, 0.15) is 19.4 Å². The summed E-state index contributed by atoms with van der Waals surface area (Å²) < 4.78 is 0. The summed E-state index contributed by atoms with van der Waals surface area (Å²) in [6.07, 6.45) is 0.